The Morgan fingerprint density at radius 3 is 2.79 bits per heavy atom. The topological polar surface area (TPSA) is 63.3 Å². The maximum atomic E-state index is 10.5. The van der Waals surface area contributed by atoms with E-state index in [9.17, 15) is 4.79 Å². The molecule has 0 aliphatic heterocycles. The van der Waals surface area contributed by atoms with E-state index >= 15 is 0 Å². The second-order valence-corrected chi connectivity index (χ2v) is 4.77. The molecular formula is C9H11Cl2NO2. The number of alkyl halides is 2. The van der Waals surface area contributed by atoms with Gasteiger partial charge in [0.2, 0.25) is 0 Å². The average Bonchev–Trinajstić information content (AvgIpc) is 2.08. The Labute approximate surface area is 92.2 Å². The third kappa shape index (κ3) is 3.33. The summed E-state index contributed by atoms with van der Waals surface area (Å²) in [7, 11) is 0. The molecular weight excluding hydrogens is 225 g/mol. The lowest BCUT2D eigenvalue weighted by Gasteiger charge is -2.18. The number of rotatable bonds is 3. The highest BCUT2D eigenvalue weighted by atomic mass is 35.5. The highest BCUT2D eigenvalue weighted by molar-refractivity contribution is 6.50. The maximum Gasteiger partial charge on any atom is 0.320 e. The number of allylic oxidation sites excluding steroid dienone is 3. The van der Waals surface area contributed by atoms with Gasteiger partial charge in [-0.3, -0.25) is 4.79 Å². The molecule has 1 aliphatic rings. The van der Waals surface area contributed by atoms with Crippen LogP contribution in [0.2, 0.25) is 0 Å². The molecule has 0 heterocycles. The number of hydrogen-bond acceptors (Lipinski definition) is 2. The molecule has 0 unspecified atom stereocenters. The third-order valence-corrected chi connectivity index (χ3v) is 2.51. The maximum absolute atomic E-state index is 10.5. The molecule has 0 saturated heterocycles. The van der Waals surface area contributed by atoms with Crippen LogP contribution in [0.3, 0.4) is 0 Å². The fourth-order valence-corrected chi connectivity index (χ4v) is 1.41. The van der Waals surface area contributed by atoms with Crippen LogP contribution < -0.4 is 5.73 Å². The molecule has 0 aromatic rings. The molecule has 1 rings (SSSR count). The van der Waals surface area contributed by atoms with E-state index < -0.39 is 16.3 Å². The van der Waals surface area contributed by atoms with Crippen molar-refractivity contribution in [1.29, 1.82) is 0 Å². The molecule has 3 N–H and O–H groups in total. The number of nitrogens with two attached hydrogens (primary N) is 1. The van der Waals surface area contributed by atoms with Crippen molar-refractivity contribution in [2.24, 2.45) is 5.73 Å². The summed E-state index contributed by atoms with van der Waals surface area (Å²) >= 11 is 11.6. The Bertz CT molecular complexity index is 297. The molecule has 14 heavy (non-hydrogen) atoms. The summed E-state index contributed by atoms with van der Waals surface area (Å²) in [6.07, 6.45) is 5.94. The van der Waals surface area contributed by atoms with Crippen LogP contribution in [0.4, 0.5) is 0 Å². The molecule has 0 spiro atoms. The molecule has 5 heteroatoms. The summed E-state index contributed by atoms with van der Waals surface area (Å²) in [4.78, 5) is 10.5. The second kappa shape index (κ2) is 4.34. The van der Waals surface area contributed by atoms with E-state index in [1.807, 2.05) is 6.08 Å². The Balaban J connectivity index is 2.54. The number of halogens is 2. The molecule has 1 aliphatic carbocycles. The monoisotopic (exact) mass is 235 g/mol. The minimum absolute atomic E-state index is 0.301. The van der Waals surface area contributed by atoms with Crippen LogP contribution in [-0.4, -0.2) is 21.5 Å². The number of carboxylic acid groups (broad SMARTS) is 1. The first-order chi connectivity index (χ1) is 6.41. The smallest absolute Gasteiger partial charge is 0.320 e. The second-order valence-electron chi connectivity index (χ2n) is 3.23. The lowest BCUT2D eigenvalue weighted by Crippen LogP contribution is -2.30. The van der Waals surface area contributed by atoms with Crippen LogP contribution >= 0.6 is 23.2 Å². The van der Waals surface area contributed by atoms with Gasteiger partial charge in [0.15, 0.2) is 0 Å². The Hall–Kier alpha value is -0.510. The van der Waals surface area contributed by atoms with Gasteiger partial charge in [0.1, 0.15) is 10.4 Å². The van der Waals surface area contributed by atoms with Gasteiger partial charge in [0.05, 0.1) is 0 Å². The van der Waals surface area contributed by atoms with Gasteiger partial charge in [0, 0.05) is 6.42 Å². The van der Waals surface area contributed by atoms with Crippen molar-refractivity contribution >= 4 is 29.2 Å². The fourth-order valence-electron chi connectivity index (χ4n) is 1.12. The molecule has 0 aromatic heterocycles. The van der Waals surface area contributed by atoms with Gasteiger partial charge in [-0.15, -0.1) is 0 Å². The van der Waals surface area contributed by atoms with E-state index in [1.165, 1.54) is 0 Å². The van der Waals surface area contributed by atoms with E-state index in [1.54, 1.807) is 12.2 Å². The van der Waals surface area contributed by atoms with Crippen LogP contribution in [0.15, 0.2) is 23.8 Å². The van der Waals surface area contributed by atoms with Crippen LogP contribution in [0.25, 0.3) is 0 Å². The summed E-state index contributed by atoms with van der Waals surface area (Å²) in [5.41, 5.74) is 6.23. The molecule has 0 fully saturated rings. The lowest BCUT2D eigenvalue weighted by atomic mass is 10.0. The van der Waals surface area contributed by atoms with E-state index in [-0.39, 0.29) is 0 Å². The first-order valence-corrected chi connectivity index (χ1v) is 4.91. The summed E-state index contributed by atoms with van der Waals surface area (Å²) in [5.74, 6) is -1.01. The van der Waals surface area contributed by atoms with Gasteiger partial charge in [-0.1, -0.05) is 35.4 Å². The van der Waals surface area contributed by atoms with Crippen molar-refractivity contribution in [2.45, 2.75) is 23.2 Å². The predicted molar refractivity (Wildman–Crippen MR) is 56.5 cm³/mol. The van der Waals surface area contributed by atoms with Crippen molar-refractivity contribution in [3.8, 4) is 0 Å². The molecule has 78 valence electrons. The summed E-state index contributed by atoms with van der Waals surface area (Å²) in [5, 5.41) is 8.59. The van der Waals surface area contributed by atoms with Crippen molar-refractivity contribution in [1.82, 2.24) is 0 Å². The minimum atomic E-state index is -1.01. The van der Waals surface area contributed by atoms with Gasteiger partial charge in [-0.05, 0) is 18.1 Å². The SMILES string of the molecule is N[C@@H](CC1=CCC(Cl)(Cl)C=C1)C(=O)O. The Kier molecular flexibility index (Phi) is 3.59. The largest absolute Gasteiger partial charge is 0.480 e. The minimum Gasteiger partial charge on any atom is -0.480 e. The van der Waals surface area contributed by atoms with Gasteiger partial charge in [-0.25, -0.2) is 0 Å². The molecule has 1 atom stereocenters. The van der Waals surface area contributed by atoms with Gasteiger partial charge < -0.3 is 10.8 Å². The van der Waals surface area contributed by atoms with E-state index in [2.05, 4.69) is 0 Å². The number of carbonyl (C=O) groups is 1. The Morgan fingerprint density at radius 1 is 1.71 bits per heavy atom. The fraction of sp³-hybridized carbons (Fsp3) is 0.444. The van der Waals surface area contributed by atoms with Crippen LogP contribution in [-0.2, 0) is 4.79 Å². The average molecular weight is 236 g/mol. The zero-order valence-corrected chi connectivity index (χ0v) is 8.92. The molecule has 3 nitrogen and oxygen atoms in total. The van der Waals surface area contributed by atoms with Crippen molar-refractivity contribution < 1.29 is 9.90 Å². The van der Waals surface area contributed by atoms with Crippen molar-refractivity contribution in [2.75, 3.05) is 0 Å². The predicted octanol–water partition coefficient (Wildman–Crippen LogP) is 1.85. The first-order valence-electron chi connectivity index (χ1n) is 4.15. The van der Waals surface area contributed by atoms with Crippen LogP contribution in [0.1, 0.15) is 12.8 Å². The van der Waals surface area contributed by atoms with Gasteiger partial charge >= 0.3 is 5.97 Å². The zero-order chi connectivity index (χ0) is 10.8. The quantitative estimate of drug-likeness (QED) is 0.735. The Morgan fingerprint density at radius 2 is 2.36 bits per heavy atom. The van der Waals surface area contributed by atoms with E-state index in [0.717, 1.165) is 5.57 Å². The summed E-state index contributed by atoms with van der Waals surface area (Å²) in [6, 6.07) is -0.871. The third-order valence-electron chi connectivity index (χ3n) is 1.95. The van der Waals surface area contributed by atoms with E-state index in [4.69, 9.17) is 34.0 Å². The van der Waals surface area contributed by atoms with Crippen molar-refractivity contribution in [3.05, 3.63) is 23.8 Å². The number of carboxylic acids is 1. The summed E-state index contributed by atoms with van der Waals surface area (Å²) in [6.45, 7) is 0. The highest BCUT2D eigenvalue weighted by Gasteiger charge is 2.22. The zero-order valence-electron chi connectivity index (χ0n) is 7.41. The van der Waals surface area contributed by atoms with E-state index in [0.29, 0.717) is 12.8 Å². The van der Waals surface area contributed by atoms with Crippen LogP contribution in [0.5, 0.6) is 0 Å². The highest BCUT2D eigenvalue weighted by Crippen LogP contribution is 2.32. The molecule has 0 radical (unpaired) electrons. The number of hydrogen-bond donors (Lipinski definition) is 2. The first kappa shape index (κ1) is 11.6. The molecule has 0 amide bonds. The van der Waals surface area contributed by atoms with Gasteiger partial charge in [0.25, 0.3) is 0 Å². The number of aliphatic carboxylic acids is 1. The standard InChI is InChI=1S/C9H11Cl2NO2/c10-9(11)3-1-6(2-4-9)5-7(12)8(13)14/h1-3,7H,4-5,12H2,(H,13,14)/t7-/m0/s1. The normalized spacial score (nSPS) is 21.5. The van der Waals surface area contributed by atoms with Crippen LogP contribution in [0, 0.1) is 0 Å². The molecule has 0 aromatic carbocycles. The lowest BCUT2D eigenvalue weighted by molar-refractivity contribution is -0.138. The van der Waals surface area contributed by atoms with Gasteiger partial charge in [-0.2, -0.15) is 0 Å². The summed E-state index contributed by atoms with van der Waals surface area (Å²) < 4.78 is -0.864. The molecule has 0 saturated carbocycles. The molecule has 0 bridgehead atoms. The van der Waals surface area contributed by atoms with Crippen molar-refractivity contribution in [3.63, 3.8) is 0 Å².